The smallest absolute Gasteiger partial charge is 0.267 e. The van der Waals surface area contributed by atoms with Gasteiger partial charge < -0.3 is 15.0 Å². The molecule has 1 unspecified atom stereocenters. The molecule has 0 radical (unpaired) electrons. The number of fused-ring (bicyclic) bond motifs is 1. The van der Waals surface area contributed by atoms with Crippen molar-refractivity contribution in [1.29, 1.82) is 0 Å². The number of hydrogen-bond acceptors (Lipinski definition) is 3. The third-order valence-corrected chi connectivity index (χ3v) is 3.80. The minimum Gasteiger partial charge on any atom is -0.506 e. The molecule has 1 aliphatic rings. The molecule has 0 saturated carbocycles. The second-order valence-corrected chi connectivity index (χ2v) is 5.23. The Kier molecular flexibility index (Phi) is 3.55. The summed E-state index contributed by atoms with van der Waals surface area (Å²) in [6.45, 7) is 0. The summed E-state index contributed by atoms with van der Waals surface area (Å²) in [6.07, 6.45) is 8.18. The Labute approximate surface area is 127 Å². The van der Waals surface area contributed by atoms with Gasteiger partial charge in [0.05, 0.1) is 11.6 Å². The number of aromatic nitrogens is 1. The van der Waals surface area contributed by atoms with Crippen LogP contribution in [-0.4, -0.2) is 21.6 Å². The molecule has 22 heavy (non-hydrogen) atoms. The van der Waals surface area contributed by atoms with Gasteiger partial charge in [-0.2, -0.15) is 0 Å². The predicted molar refractivity (Wildman–Crippen MR) is 85.0 cm³/mol. The number of carbonyl (C=O) groups excluding carboxylic acids is 1. The average molecular weight is 296 g/mol. The van der Waals surface area contributed by atoms with Crippen molar-refractivity contribution in [1.82, 2.24) is 9.88 Å². The van der Waals surface area contributed by atoms with Gasteiger partial charge in [-0.1, -0.05) is 36.4 Å². The molecular formula is C17H16N2O3. The quantitative estimate of drug-likeness (QED) is 0.888. The summed E-state index contributed by atoms with van der Waals surface area (Å²) >= 11 is 0. The number of nitrogens with one attached hydrogen (secondary N) is 1. The van der Waals surface area contributed by atoms with Crippen LogP contribution in [0, 0.1) is 0 Å². The molecule has 2 aromatic rings. The van der Waals surface area contributed by atoms with Gasteiger partial charge in [0.1, 0.15) is 11.3 Å². The first-order chi connectivity index (χ1) is 10.6. The highest BCUT2D eigenvalue weighted by atomic mass is 16.3. The van der Waals surface area contributed by atoms with Crippen LogP contribution in [0.25, 0.3) is 10.9 Å². The van der Waals surface area contributed by atoms with Crippen LogP contribution < -0.4 is 10.9 Å². The zero-order chi connectivity index (χ0) is 15.7. The topological polar surface area (TPSA) is 71.3 Å². The molecule has 0 saturated heterocycles. The normalized spacial score (nSPS) is 16.9. The first-order valence-corrected chi connectivity index (χ1v) is 7.04. The maximum atomic E-state index is 12.4. The third-order valence-electron chi connectivity index (χ3n) is 3.80. The molecule has 3 rings (SSSR count). The minimum absolute atomic E-state index is 0.173. The van der Waals surface area contributed by atoms with Crippen LogP contribution in [0.15, 0.2) is 53.4 Å². The first kappa shape index (κ1) is 14.1. The van der Waals surface area contributed by atoms with Crippen LogP contribution in [0.2, 0.25) is 0 Å². The Balaban J connectivity index is 2.06. The molecule has 5 nitrogen and oxygen atoms in total. The lowest BCUT2D eigenvalue weighted by molar-refractivity contribution is 0.0940. The van der Waals surface area contributed by atoms with Crippen molar-refractivity contribution in [2.75, 3.05) is 0 Å². The molecule has 1 aromatic heterocycles. The summed E-state index contributed by atoms with van der Waals surface area (Å²) in [5.41, 5.74) is -0.143. The fourth-order valence-electron chi connectivity index (χ4n) is 2.61. The maximum absolute atomic E-state index is 12.4. The number of hydrogen-bond donors (Lipinski definition) is 2. The number of amides is 1. The van der Waals surface area contributed by atoms with Gasteiger partial charge in [-0.15, -0.1) is 0 Å². The number of rotatable bonds is 2. The van der Waals surface area contributed by atoms with Crippen molar-refractivity contribution >= 4 is 16.8 Å². The molecular weight excluding hydrogens is 280 g/mol. The first-order valence-electron chi connectivity index (χ1n) is 7.04. The van der Waals surface area contributed by atoms with E-state index in [0.29, 0.717) is 17.3 Å². The number of para-hydroxylation sites is 1. The zero-order valence-corrected chi connectivity index (χ0v) is 12.1. The van der Waals surface area contributed by atoms with Gasteiger partial charge in [-0.05, 0) is 18.6 Å². The summed E-state index contributed by atoms with van der Waals surface area (Å²) in [7, 11) is 1.59. The number of benzene rings is 1. The monoisotopic (exact) mass is 296 g/mol. The zero-order valence-electron chi connectivity index (χ0n) is 12.1. The van der Waals surface area contributed by atoms with Gasteiger partial charge >= 0.3 is 0 Å². The summed E-state index contributed by atoms with van der Waals surface area (Å²) < 4.78 is 1.38. The molecule has 2 N–H and O–H groups in total. The highest BCUT2D eigenvalue weighted by Gasteiger charge is 2.22. The lowest BCUT2D eigenvalue weighted by Gasteiger charge is -2.16. The highest BCUT2D eigenvalue weighted by Crippen LogP contribution is 2.25. The Bertz CT molecular complexity index is 862. The van der Waals surface area contributed by atoms with Crippen LogP contribution in [0.5, 0.6) is 5.75 Å². The van der Waals surface area contributed by atoms with E-state index in [9.17, 15) is 14.7 Å². The van der Waals surface area contributed by atoms with E-state index in [2.05, 4.69) is 5.32 Å². The lowest BCUT2D eigenvalue weighted by atomic mass is 10.1. The molecule has 1 aromatic carbocycles. The van der Waals surface area contributed by atoms with Crippen molar-refractivity contribution in [3.8, 4) is 5.75 Å². The molecule has 112 valence electrons. The van der Waals surface area contributed by atoms with Gasteiger partial charge in [0, 0.05) is 12.4 Å². The lowest BCUT2D eigenvalue weighted by Crippen LogP contribution is -2.38. The van der Waals surface area contributed by atoms with Gasteiger partial charge in [-0.25, -0.2) is 0 Å². The van der Waals surface area contributed by atoms with Crippen LogP contribution in [0.4, 0.5) is 0 Å². The predicted octanol–water partition coefficient (Wildman–Crippen LogP) is 1.86. The molecule has 0 bridgehead atoms. The molecule has 0 aliphatic heterocycles. The van der Waals surface area contributed by atoms with E-state index in [-0.39, 0.29) is 17.4 Å². The standard InChI is InChI=1S/C17H16N2O3/c1-19-13-10-6-5-9-12(13)15(20)14(17(19)22)16(21)18-11-7-3-2-4-8-11/h2-7,9-11,20H,8H2,1H3,(H,18,21). The summed E-state index contributed by atoms with van der Waals surface area (Å²) in [6, 6.07) is 6.77. The Hall–Kier alpha value is -2.82. The average Bonchev–Trinajstić information content (AvgIpc) is 2.54. The molecule has 5 heteroatoms. The van der Waals surface area contributed by atoms with E-state index >= 15 is 0 Å². The number of aromatic hydroxyl groups is 1. The molecule has 1 aliphatic carbocycles. The van der Waals surface area contributed by atoms with Crippen LogP contribution in [0.3, 0.4) is 0 Å². The van der Waals surface area contributed by atoms with Crippen molar-refractivity contribution in [3.63, 3.8) is 0 Å². The second-order valence-electron chi connectivity index (χ2n) is 5.23. The Morgan fingerprint density at radius 1 is 1.32 bits per heavy atom. The molecule has 1 amide bonds. The Morgan fingerprint density at radius 3 is 2.82 bits per heavy atom. The fraction of sp³-hybridized carbons (Fsp3) is 0.176. The van der Waals surface area contributed by atoms with Crippen molar-refractivity contribution in [2.45, 2.75) is 12.5 Å². The van der Waals surface area contributed by atoms with E-state index in [4.69, 9.17) is 0 Å². The molecule has 1 atom stereocenters. The van der Waals surface area contributed by atoms with Gasteiger partial charge in [-0.3, -0.25) is 9.59 Å². The van der Waals surface area contributed by atoms with Gasteiger partial charge in [0.2, 0.25) is 0 Å². The van der Waals surface area contributed by atoms with Gasteiger partial charge in [0.15, 0.2) is 0 Å². The number of pyridine rings is 1. The van der Waals surface area contributed by atoms with E-state index < -0.39 is 11.5 Å². The number of aryl methyl sites for hydroxylation is 1. The number of nitrogens with zero attached hydrogens (tertiary/aromatic N) is 1. The van der Waals surface area contributed by atoms with Crippen LogP contribution in [0.1, 0.15) is 16.8 Å². The van der Waals surface area contributed by atoms with E-state index in [1.807, 2.05) is 24.3 Å². The molecule has 0 fully saturated rings. The van der Waals surface area contributed by atoms with Crippen molar-refractivity contribution in [3.05, 3.63) is 64.5 Å². The van der Waals surface area contributed by atoms with E-state index in [0.717, 1.165) is 0 Å². The third kappa shape index (κ3) is 2.30. The fourth-order valence-corrected chi connectivity index (χ4v) is 2.61. The Morgan fingerprint density at radius 2 is 2.09 bits per heavy atom. The van der Waals surface area contributed by atoms with Crippen molar-refractivity contribution in [2.24, 2.45) is 7.05 Å². The molecule has 1 heterocycles. The number of allylic oxidation sites excluding steroid dienone is 2. The SMILES string of the molecule is Cn1c(=O)c(C(=O)NC2C=CC=CC2)c(O)c2ccccc21. The highest BCUT2D eigenvalue weighted by molar-refractivity contribution is 6.02. The summed E-state index contributed by atoms with van der Waals surface area (Å²) in [4.78, 5) is 24.8. The largest absolute Gasteiger partial charge is 0.506 e. The molecule has 0 spiro atoms. The maximum Gasteiger partial charge on any atom is 0.267 e. The van der Waals surface area contributed by atoms with Gasteiger partial charge in [0.25, 0.3) is 11.5 Å². The van der Waals surface area contributed by atoms with Crippen LogP contribution >= 0.6 is 0 Å². The van der Waals surface area contributed by atoms with Crippen molar-refractivity contribution < 1.29 is 9.90 Å². The van der Waals surface area contributed by atoms with E-state index in [1.54, 1.807) is 31.3 Å². The second kappa shape index (κ2) is 5.52. The van der Waals surface area contributed by atoms with Crippen LogP contribution in [-0.2, 0) is 7.05 Å². The summed E-state index contributed by atoms with van der Waals surface area (Å²) in [5.74, 6) is -0.833. The summed E-state index contributed by atoms with van der Waals surface area (Å²) in [5, 5.41) is 13.6. The van der Waals surface area contributed by atoms with E-state index in [1.165, 1.54) is 4.57 Å². The minimum atomic E-state index is -0.561. The number of carbonyl (C=O) groups is 1.